The molecule has 1 heterocycles. The van der Waals surface area contributed by atoms with Gasteiger partial charge in [0, 0.05) is 0 Å². The molecule has 0 fully saturated rings. The number of sulfonamides is 1. The third-order valence-corrected chi connectivity index (χ3v) is 7.59. The summed E-state index contributed by atoms with van der Waals surface area (Å²) < 4.78 is 73.2. The molecule has 0 atom stereocenters. The van der Waals surface area contributed by atoms with Crippen molar-refractivity contribution in [2.24, 2.45) is 0 Å². The maximum atomic E-state index is 13.6. The molecule has 3 aromatic carbocycles. The van der Waals surface area contributed by atoms with E-state index in [-0.39, 0.29) is 28.4 Å². The van der Waals surface area contributed by atoms with E-state index in [0.717, 1.165) is 17.7 Å². The van der Waals surface area contributed by atoms with Crippen molar-refractivity contribution in [1.82, 2.24) is 5.32 Å². The van der Waals surface area contributed by atoms with E-state index < -0.39 is 40.1 Å². The zero-order valence-electron chi connectivity index (χ0n) is 21.1. The van der Waals surface area contributed by atoms with Gasteiger partial charge in [-0.05, 0) is 61.5 Å². The molecule has 0 saturated carbocycles. The fraction of sp³-hybridized carbons (Fsp3) is 0.143. The maximum Gasteiger partial charge on any atom is 0.416 e. The lowest BCUT2D eigenvalue weighted by Crippen LogP contribution is -2.38. The van der Waals surface area contributed by atoms with Crippen LogP contribution < -0.4 is 14.9 Å². The van der Waals surface area contributed by atoms with Gasteiger partial charge in [-0.1, -0.05) is 35.9 Å². The number of aryl methyl sites for hydroxylation is 1. The van der Waals surface area contributed by atoms with E-state index in [4.69, 9.17) is 4.42 Å². The summed E-state index contributed by atoms with van der Waals surface area (Å²) in [4.78, 5) is 25.7. The van der Waals surface area contributed by atoms with Crippen LogP contribution in [0.15, 0.2) is 101 Å². The van der Waals surface area contributed by atoms with Gasteiger partial charge >= 0.3 is 6.18 Å². The summed E-state index contributed by atoms with van der Waals surface area (Å²) in [5, 5.41) is 5.17. The Kier molecular flexibility index (Phi) is 8.29. The molecule has 0 spiro atoms. The first-order valence-corrected chi connectivity index (χ1v) is 13.4. The van der Waals surface area contributed by atoms with Crippen molar-refractivity contribution in [3.63, 3.8) is 0 Å². The monoisotopic (exact) mass is 571 g/mol. The molecule has 12 heteroatoms. The fourth-order valence-electron chi connectivity index (χ4n) is 3.78. The van der Waals surface area contributed by atoms with Crippen LogP contribution in [0.2, 0.25) is 0 Å². The molecule has 1 aromatic heterocycles. The molecule has 0 aliphatic rings. The number of para-hydroxylation sites is 1. The second kappa shape index (κ2) is 11.7. The molecule has 0 aliphatic carbocycles. The fourth-order valence-corrected chi connectivity index (χ4v) is 5.19. The van der Waals surface area contributed by atoms with Gasteiger partial charge in [0.15, 0.2) is 0 Å². The van der Waals surface area contributed by atoms with Gasteiger partial charge in [-0.15, -0.1) is 0 Å². The highest BCUT2D eigenvalue weighted by atomic mass is 32.2. The standard InChI is InChI=1S/C28H24F3N3O5S/c1-19-11-13-23(14-12-19)40(37,38)34(21-7-4-6-20(16-21)28(29,30)31)18-26(35)33-25-10-3-2-9-24(25)27(36)32-17-22-8-5-15-39-22/h2-16H,17-18H2,1H3,(H,32,36)(H,33,35). The number of nitrogens with one attached hydrogen (secondary N) is 2. The minimum absolute atomic E-state index is 0.0844. The van der Waals surface area contributed by atoms with Crippen molar-refractivity contribution >= 4 is 33.2 Å². The summed E-state index contributed by atoms with van der Waals surface area (Å²) in [5.74, 6) is -0.901. The van der Waals surface area contributed by atoms with Crippen molar-refractivity contribution in [3.8, 4) is 0 Å². The van der Waals surface area contributed by atoms with Crippen LogP contribution in [-0.4, -0.2) is 26.8 Å². The minimum atomic E-state index is -4.74. The Morgan fingerprint density at radius 3 is 2.33 bits per heavy atom. The molecule has 2 amide bonds. The SMILES string of the molecule is Cc1ccc(S(=O)(=O)N(CC(=O)Nc2ccccc2C(=O)NCc2ccco2)c2cccc(C(F)(F)F)c2)cc1. The minimum Gasteiger partial charge on any atom is -0.467 e. The van der Waals surface area contributed by atoms with Crippen LogP contribution in [0.3, 0.4) is 0 Å². The number of hydrogen-bond donors (Lipinski definition) is 2. The molecular weight excluding hydrogens is 547 g/mol. The molecular formula is C28H24F3N3O5S. The summed E-state index contributed by atoms with van der Waals surface area (Å²) in [6.07, 6.45) is -3.28. The number of rotatable bonds is 9. The molecule has 8 nitrogen and oxygen atoms in total. The van der Waals surface area contributed by atoms with Crippen LogP contribution in [0.1, 0.15) is 27.2 Å². The van der Waals surface area contributed by atoms with Crippen LogP contribution in [0.5, 0.6) is 0 Å². The lowest BCUT2D eigenvalue weighted by atomic mass is 10.1. The first-order chi connectivity index (χ1) is 18.9. The highest BCUT2D eigenvalue weighted by Gasteiger charge is 2.33. The smallest absolute Gasteiger partial charge is 0.416 e. The van der Waals surface area contributed by atoms with Crippen LogP contribution >= 0.6 is 0 Å². The van der Waals surface area contributed by atoms with Gasteiger partial charge in [-0.25, -0.2) is 8.42 Å². The first-order valence-electron chi connectivity index (χ1n) is 11.9. The number of halogens is 3. The molecule has 4 rings (SSSR count). The molecule has 208 valence electrons. The predicted molar refractivity (Wildman–Crippen MR) is 142 cm³/mol. The van der Waals surface area contributed by atoms with E-state index in [1.807, 2.05) is 0 Å². The van der Waals surface area contributed by atoms with Crippen molar-refractivity contribution < 1.29 is 35.6 Å². The maximum absolute atomic E-state index is 13.6. The van der Waals surface area contributed by atoms with Crippen LogP contribution in [-0.2, 0) is 27.5 Å². The number of amides is 2. The normalized spacial score (nSPS) is 11.6. The number of benzene rings is 3. The zero-order valence-corrected chi connectivity index (χ0v) is 21.9. The molecule has 2 N–H and O–H groups in total. The zero-order chi connectivity index (χ0) is 28.9. The molecule has 0 aliphatic heterocycles. The van der Waals surface area contributed by atoms with Crippen molar-refractivity contribution in [2.75, 3.05) is 16.2 Å². The number of alkyl halides is 3. The molecule has 0 bridgehead atoms. The second-order valence-electron chi connectivity index (χ2n) is 8.73. The van der Waals surface area contributed by atoms with Gasteiger partial charge in [0.25, 0.3) is 15.9 Å². The number of nitrogens with zero attached hydrogens (tertiary/aromatic N) is 1. The van der Waals surface area contributed by atoms with Crippen molar-refractivity contribution in [2.45, 2.75) is 24.5 Å². The number of carbonyl (C=O) groups excluding carboxylic acids is 2. The molecule has 0 unspecified atom stereocenters. The summed E-state index contributed by atoms with van der Waals surface area (Å²) in [6.45, 7) is 0.975. The van der Waals surface area contributed by atoms with Crippen molar-refractivity contribution in [1.29, 1.82) is 0 Å². The van der Waals surface area contributed by atoms with E-state index >= 15 is 0 Å². The van der Waals surface area contributed by atoms with E-state index in [1.54, 1.807) is 31.2 Å². The average Bonchev–Trinajstić information content (AvgIpc) is 3.44. The Balaban J connectivity index is 1.62. The van der Waals surface area contributed by atoms with Gasteiger partial charge in [-0.2, -0.15) is 13.2 Å². The largest absolute Gasteiger partial charge is 0.467 e. The molecule has 0 saturated heterocycles. The van der Waals surface area contributed by atoms with Crippen LogP contribution in [0.4, 0.5) is 24.5 Å². The summed E-state index contributed by atoms with van der Waals surface area (Å²) in [6, 6.07) is 18.8. The first kappa shape index (κ1) is 28.4. The second-order valence-corrected chi connectivity index (χ2v) is 10.6. The predicted octanol–water partition coefficient (Wildman–Crippen LogP) is 5.37. The number of furan rings is 1. The third-order valence-electron chi connectivity index (χ3n) is 5.81. The lowest BCUT2D eigenvalue weighted by Gasteiger charge is -2.25. The van der Waals surface area contributed by atoms with Crippen LogP contribution in [0, 0.1) is 6.92 Å². The number of hydrogen-bond acceptors (Lipinski definition) is 5. The Morgan fingerprint density at radius 1 is 0.925 bits per heavy atom. The van der Waals surface area contributed by atoms with E-state index in [0.29, 0.717) is 16.1 Å². The quantitative estimate of drug-likeness (QED) is 0.281. The van der Waals surface area contributed by atoms with Gasteiger partial charge in [0.05, 0.1) is 40.2 Å². The van der Waals surface area contributed by atoms with E-state index in [2.05, 4.69) is 10.6 Å². The van der Waals surface area contributed by atoms with E-state index in [1.165, 1.54) is 48.7 Å². The van der Waals surface area contributed by atoms with Gasteiger partial charge in [0.1, 0.15) is 12.3 Å². The van der Waals surface area contributed by atoms with Crippen molar-refractivity contribution in [3.05, 3.63) is 114 Å². The summed E-state index contributed by atoms with van der Waals surface area (Å²) in [7, 11) is -4.47. The summed E-state index contributed by atoms with van der Waals surface area (Å²) in [5.41, 5.74) is -0.483. The Labute approximate surface area is 228 Å². The number of carbonyl (C=O) groups is 2. The van der Waals surface area contributed by atoms with Gasteiger partial charge in [-0.3, -0.25) is 13.9 Å². The lowest BCUT2D eigenvalue weighted by molar-refractivity contribution is -0.137. The third kappa shape index (κ3) is 6.70. The topological polar surface area (TPSA) is 109 Å². The Morgan fingerprint density at radius 2 is 1.65 bits per heavy atom. The Hall–Kier alpha value is -4.58. The highest BCUT2D eigenvalue weighted by Crippen LogP contribution is 2.33. The Bertz CT molecular complexity index is 1600. The van der Waals surface area contributed by atoms with Crippen LogP contribution in [0.25, 0.3) is 0 Å². The average molecular weight is 572 g/mol. The van der Waals surface area contributed by atoms with E-state index in [9.17, 15) is 31.2 Å². The highest BCUT2D eigenvalue weighted by molar-refractivity contribution is 7.92. The number of anilines is 2. The molecule has 4 aromatic rings. The van der Waals surface area contributed by atoms with Gasteiger partial charge in [0.2, 0.25) is 5.91 Å². The van der Waals surface area contributed by atoms with Gasteiger partial charge < -0.3 is 15.1 Å². The molecule has 40 heavy (non-hydrogen) atoms. The summed E-state index contributed by atoms with van der Waals surface area (Å²) >= 11 is 0. The molecule has 0 radical (unpaired) electrons.